The van der Waals surface area contributed by atoms with Crippen molar-refractivity contribution in [3.8, 4) is 11.1 Å². The largest absolute Gasteiger partial charge is 0.357 e. The van der Waals surface area contributed by atoms with E-state index < -0.39 is 0 Å². The predicted molar refractivity (Wildman–Crippen MR) is 72.1 cm³/mol. The normalized spacial score (nSPS) is 15.2. The highest BCUT2D eigenvalue weighted by molar-refractivity contribution is 5.68. The average Bonchev–Trinajstić information content (AvgIpc) is 2.94. The second-order valence-corrected chi connectivity index (χ2v) is 4.34. The molecule has 86 valence electrons. The Kier molecular flexibility index (Phi) is 2.80. The van der Waals surface area contributed by atoms with E-state index in [9.17, 15) is 0 Å². The number of nitrogens with one attached hydrogen (secondary N) is 1. The zero-order valence-corrected chi connectivity index (χ0v) is 9.76. The Hall–Kier alpha value is -1.80. The Morgan fingerprint density at radius 3 is 2.47 bits per heavy atom. The van der Waals surface area contributed by atoms with Gasteiger partial charge >= 0.3 is 0 Å². The second kappa shape index (κ2) is 4.60. The predicted octanol–water partition coefficient (Wildman–Crippen LogP) is 2.72. The third-order valence-corrected chi connectivity index (χ3v) is 3.18. The van der Waals surface area contributed by atoms with E-state index in [1.54, 1.807) is 0 Å². The fraction of sp³-hybridized carbons (Fsp3) is 0.200. The molecular formula is C15H16N2. The topological polar surface area (TPSA) is 15.3 Å². The van der Waals surface area contributed by atoms with Crippen LogP contribution in [0.25, 0.3) is 11.1 Å². The van der Waals surface area contributed by atoms with Crippen LogP contribution in [0.3, 0.4) is 0 Å². The maximum atomic E-state index is 3.36. The van der Waals surface area contributed by atoms with Crippen LogP contribution in [0.5, 0.6) is 0 Å². The quantitative estimate of drug-likeness (QED) is 0.843. The van der Waals surface area contributed by atoms with E-state index in [2.05, 4.69) is 64.8 Å². The van der Waals surface area contributed by atoms with E-state index in [-0.39, 0.29) is 0 Å². The minimum atomic E-state index is 0.957. The lowest BCUT2D eigenvalue weighted by molar-refractivity contribution is 0.855. The number of rotatable bonds is 2. The van der Waals surface area contributed by atoms with Crippen molar-refractivity contribution in [1.82, 2.24) is 5.32 Å². The van der Waals surface area contributed by atoms with Gasteiger partial charge in [0, 0.05) is 18.8 Å². The molecule has 0 bridgehead atoms. The Morgan fingerprint density at radius 1 is 0.882 bits per heavy atom. The van der Waals surface area contributed by atoms with E-state index in [1.165, 1.54) is 16.8 Å². The van der Waals surface area contributed by atoms with Crippen LogP contribution in [-0.4, -0.2) is 19.8 Å². The van der Waals surface area contributed by atoms with Crippen LogP contribution in [0.15, 0.2) is 54.6 Å². The molecule has 0 spiro atoms. The van der Waals surface area contributed by atoms with Crippen LogP contribution in [0.4, 0.5) is 5.69 Å². The van der Waals surface area contributed by atoms with Gasteiger partial charge in [0.25, 0.3) is 0 Å². The molecule has 17 heavy (non-hydrogen) atoms. The van der Waals surface area contributed by atoms with Crippen molar-refractivity contribution < 1.29 is 0 Å². The Morgan fingerprint density at radius 2 is 1.71 bits per heavy atom. The second-order valence-electron chi connectivity index (χ2n) is 4.34. The molecule has 0 aromatic heterocycles. The minimum absolute atomic E-state index is 0.957. The fourth-order valence-corrected chi connectivity index (χ4v) is 2.24. The molecule has 2 aromatic rings. The molecule has 1 fully saturated rings. The van der Waals surface area contributed by atoms with E-state index >= 15 is 0 Å². The van der Waals surface area contributed by atoms with E-state index in [4.69, 9.17) is 0 Å². The van der Waals surface area contributed by atoms with Gasteiger partial charge in [0.15, 0.2) is 0 Å². The average molecular weight is 224 g/mol. The van der Waals surface area contributed by atoms with E-state index in [1.807, 2.05) is 0 Å². The molecule has 0 atom stereocenters. The highest BCUT2D eigenvalue weighted by atomic mass is 15.3. The van der Waals surface area contributed by atoms with Crippen LogP contribution in [0.1, 0.15) is 0 Å². The summed E-state index contributed by atoms with van der Waals surface area (Å²) in [5.41, 5.74) is 3.87. The molecule has 0 unspecified atom stereocenters. The summed E-state index contributed by atoms with van der Waals surface area (Å²) in [5.74, 6) is 0. The van der Waals surface area contributed by atoms with Gasteiger partial charge in [0.05, 0.1) is 6.67 Å². The van der Waals surface area contributed by atoms with Gasteiger partial charge in [0.2, 0.25) is 0 Å². The van der Waals surface area contributed by atoms with Gasteiger partial charge in [-0.15, -0.1) is 0 Å². The molecule has 2 nitrogen and oxygen atoms in total. The number of benzene rings is 2. The molecule has 0 amide bonds. The van der Waals surface area contributed by atoms with Crippen LogP contribution >= 0.6 is 0 Å². The van der Waals surface area contributed by atoms with Gasteiger partial charge in [-0.05, 0) is 23.3 Å². The summed E-state index contributed by atoms with van der Waals surface area (Å²) in [6.07, 6.45) is 0. The van der Waals surface area contributed by atoms with Gasteiger partial charge < -0.3 is 4.90 Å². The first-order valence-corrected chi connectivity index (χ1v) is 6.05. The SMILES string of the molecule is c1ccc(-c2cccc(N3CCNC3)c2)cc1. The van der Waals surface area contributed by atoms with Gasteiger partial charge in [-0.2, -0.15) is 0 Å². The summed E-state index contributed by atoms with van der Waals surface area (Å²) >= 11 is 0. The van der Waals surface area contributed by atoms with E-state index in [0.29, 0.717) is 0 Å². The number of anilines is 1. The minimum Gasteiger partial charge on any atom is -0.357 e. The zero-order chi connectivity index (χ0) is 11.5. The Bertz CT molecular complexity index is 487. The van der Waals surface area contributed by atoms with Crippen LogP contribution in [0, 0.1) is 0 Å². The standard InChI is InChI=1S/C15H16N2/c1-2-5-13(6-3-1)14-7-4-8-15(11-14)17-10-9-16-12-17/h1-8,11,16H,9-10,12H2. The van der Waals surface area contributed by atoms with Crippen LogP contribution < -0.4 is 10.2 Å². The smallest absolute Gasteiger partial charge is 0.0683 e. The molecule has 1 saturated heterocycles. The molecule has 1 N–H and O–H groups in total. The molecule has 2 aromatic carbocycles. The first-order chi connectivity index (χ1) is 8.43. The van der Waals surface area contributed by atoms with E-state index in [0.717, 1.165) is 19.8 Å². The summed E-state index contributed by atoms with van der Waals surface area (Å²) in [7, 11) is 0. The maximum absolute atomic E-state index is 3.36. The lowest BCUT2D eigenvalue weighted by atomic mass is 10.1. The monoisotopic (exact) mass is 224 g/mol. The molecule has 1 heterocycles. The summed E-state index contributed by atoms with van der Waals surface area (Å²) < 4.78 is 0. The number of hydrogen-bond acceptors (Lipinski definition) is 2. The summed E-state index contributed by atoms with van der Waals surface area (Å²) in [6.45, 7) is 3.13. The van der Waals surface area contributed by atoms with Gasteiger partial charge in [-0.25, -0.2) is 0 Å². The molecular weight excluding hydrogens is 208 g/mol. The van der Waals surface area contributed by atoms with Crippen LogP contribution in [0.2, 0.25) is 0 Å². The number of nitrogens with zero attached hydrogens (tertiary/aromatic N) is 1. The Labute approximate surface area is 102 Å². The van der Waals surface area contributed by atoms with Crippen molar-refractivity contribution in [2.45, 2.75) is 0 Å². The van der Waals surface area contributed by atoms with Crippen molar-refractivity contribution in [2.24, 2.45) is 0 Å². The van der Waals surface area contributed by atoms with Crippen molar-refractivity contribution >= 4 is 5.69 Å². The van der Waals surface area contributed by atoms with Crippen molar-refractivity contribution in [1.29, 1.82) is 0 Å². The molecule has 2 heteroatoms. The molecule has 0 saturated carbocycles. The lowest BCUT2D eigenvalue weighted by Crippen LogP contribution is -2.20. The first-order valence-electron chi connectivity index (χ1n) is 6.05. The molecule has 0 radical (unpaired) electrons. The summed E-state index contributed by atoms with van der Waals surface area (Å²) in [4.78, 5) is 2.37. The first kappa shape index (κ1) is 10.4. The highest BCUT2D eigenvalue weighted by Crippen LogP contribution is 2.24. The van der Waals surface area contributed by atoms with Crippen LogP contribution in [-0.2, 0) is 0 Å². The van der Waals surface area contributed by atoms with Gasteiger partial charge in [-0.1, -0.05) is 42.5 Å². The molecule has 3 rings (SSSR count). The third-order valence-electron chi connectivity index (χ3n) is 3.18. The summed E-state index contributed by atoms with van der Waals surface area (Å²) in [5, 5.41) is 3.36. The molecule has 1 aliphatic rings. The van der Waals surface area contributed by atoms with Crippen molar-refractivity contribution in [3.63, 3.8) is 0 Å². The number of hydrogen-bond donors (Lipinski definition) is 1. The van der Waals surface area contributed by atoms with Gasteiger partial charge in [-0.3, -0.25) is 5.32 Å². The van der Waals surface area contributed by atoms with Crippen molar-refractivity contribution in [2.75, 3.05) is 24.7 Å². The summed E-state index contributed by atoms with van der Waals surface area (Å²) in [6, 6.07) is 19.3. The molecule has 1 aliphatic heterocycles. The van der Waals surface area contributed by atoms with Crippen molar-refractivity contribution in [3.05, 3.63) is 54.6 Å². The zero-order valence-electron chi connectivity index (χ0n) is 9.76. The third kappa shape index (κ3) is 2.17. The Balaban J connectivity index is 1.94. The lowest BCUT2D eigenvalue weighted by Gasteiger charge is -2.17. The fourth-order valence-electron chi connectivity index (χ4n) is 2.24. The highest BCUT2D eigenvalue weighted by Gasteiger charge is 2.11. The maximum Gasteiger partial charge on any atom is 0.0683 e. The molecule has 0 aliphatic carbocycles. The van der Waals surface area contributed by atoms with Gasteiger partial charge in [0.1, 0.15) is 0 Å².